The Morgan fingerprint density at radius 2 is 1.07 bits per heavy atom. The van der Waals surface area contributed by atoms with Crippen LogP contribution in [-0.4, -0.2) is 50.1 Å². The van der Waals surface area contributed by atoms with Crippen LogP contribution in [0.5, 0.6) is 0 Å². The molecule has 8 nitrogen and oxygen atoms in total. The summed E-state index contributed by atoms with van der Waals surface area (Å²) in [5, 5.41) is 5.32. The fourth-order valence-electron chi connectivity index (χ4n) is 1.76. The summed E-state index contributed by atoms with van der Waals surface area (Å²) in [6.07, 6.45) is 8.27. The maximum Gasteiger partial charge on any atom is 0.330 e. The van der Waals surface area contributed by atoms with E-state index >= 15 is 0 Å². The van der Waals surface area contributed by atoms with E-state index in [1.807, 2.05) is 13.8 Å². The Kier molecular flexibility index (Phi) is 15.2. The molecule has 0 unspecified atom stereocenters. The molecule has 0 bridgehead atoms. The molecule has 2 N–H and O–H groups in total. The Labute approximate surface area is 160 Å². The molecule has 0 heterocycles. The molecule has 2 amide bonds. The van der Waals surface area contributed by atoms with E-state index in [1.165, 1.54) is 0 Å². The lowest BCUT2D eigenvalue weighted by molar-refractivity contribution is -0.138. The van der Waals surface area contributed by atoms with Gasteiger partial charge in [-0.3, -0.25) is 9.59 Å². The number of nitrogens with one attached hydrogen (secondary N) is 2. The van der Waals surface area contributed by atoms with E-state index in [0.29, 0.717) is 26.3 Å². The number of ether oxygens (including phenoxy) is 2. The van der Waals surface area contributed by atoms with Crippen LogP contribution in [0.25, 0.3) is 0 Å². The zero-order chi connectivity index (χ0) is 20.3. The highest BCUT2D eigenvalue weighted by molar-refractivity contribution is 5.95. The Balaban J connectivity index is 3.66. The van der Waals surface area contributed by atoms with E-state index < -0.39 is 11.9 Å². The van der Waals surface area contributed by atoms with Gasteiger partial charge in [-0.2, -0.15) is 0 Å². The minimum Gasteiger partial charge on any atom is -0.463 e. The third-order valence-corrected chi connectivity index (χ3v) is 3.09. The number of unbranched alkanes of at least 4 members (excludes halogenated alkanes) is 2. The van der Waals surface area contributed by atoms with Crippen molar-refractivity contribution in [1.82, 2.24) is 10.6 Å². The molecule has 152 valence electrons. The van der Waals surface area contributed by atoms with Gasteiger partial charge >= 0.3 is 11.9 Å². The normalized spacial score (nSPS) is 10.7. The number of amides is 2. The zero-order valence-corrected chi connectivity index (χ0v) is 16.1. The van der Waals surface area contributed by atoms with Gasteiger partial charge in [-0.1, -0.05) is 13.8 Å². The summed E-state index contributed by atoms with van der Waals surface area (Å²) >= 11 is 0. The Hall–Kier alpha value is -2.64. The SMILES string of the molecule is CCCOC(=O)/C=C/C(=O)NCCCCCNC(=O)/C=C/C(=O)OCCC. The molecule has 0 spiro atoms. The summed E-state index contributed by atoms with van der Waals surface area (Å²) in [5.41, 5.74) is 0. The first-order chi connectivity index (χ1) is 13.0. The molecule has 0 rings (SSSR count). The van der Waals surface area contributed by atoms with Crippen LogP contribution in [-0.2, 0) is 28.7 Å². The minimum atomic E-state index is -0.532. The summed E-state index contributed by atoms with van der Waals surface area (Å²) in [5.74, 6) is -1.76. The van der Waals surface area contributed by atoms with E-state index in [-0.39, 0.29) is 11.8 Å². The summed E-state index contributed by atoms with van der Waals surface area (Å²) in [6, 6.07) is 0. The van der Waals surface area contributed by atoms with Crippen molar-refractivity contribution >= 4 is 23.8 Å². The Bertz CT molecular complexity index is 482. The fourth-order valence-corrected chi connectivity index (χ4v) is 1.76. The summed E-state index contributed by atoms with van der Waals surface area (Å²) in [4.78, 5) is 45.3. The van der Waals surface area contributed by atoms with Crippen molar-refractivity contribution in [2.24, 2.45) is 0 Å². The van der Waals surface area contributed by atoms with Gasteiger partial charge in [-0.05, 0) is 32.1 Å². The molecule has 0 aromatic rings. The molecule has 0 saturated carbocycles. The fraction of sp³-hybridized carbons (Fsp3) is 0.579. The first-order valence-electron chi connectivity index (χ1n) is 9.24. The highest BCUT2D eigenvalue weighted by atomic mass is 16.5. The second-order valence-electron chi connectivity index (χ2n) is 5.64. The molecule has 0 saturated heterocycles. The number of hydrogen-bond acceptors (Lipinski definition) is 6. The van der Waals surface area contributed by atoms with Gasteiger partial charge < -0.3 is 20.1 Å². The quantitative estimate of drug-likeness (QED) is 0.267. The van der Waals surface area contributed by atoms with Crippen LogP contribution < -0.4 is 10.6 Å². The van der Waals surface area contributed by atoms with Gasteiger partial charge in [0.05, 0.1) is 13.2 Å². The van der Waals surface area contributed by atoms with Crippen molar-refractivity contribution in [3.63, 3.8) is 0 Å². The second kappa shape index (κ2) is 16.8. The lowest BCUT2D eigenvalue weighted by Crippen LogP contribution is -2.24. The number of esters is 2. The first kappa shape index (κ1) is 24.4. The average Bonchev–Trinajstić information content (AvgIpc) is 2.66. The van der Waals surface area contributed by atoms with Crippen LogP contribution in [0.3, 0.4) is 0 Å². The predicted molar refractivity (Wildman–Crippen MR) is 101 cm³/mol. The van der Waals surface area contributed by atoms with E-state index in [1.54, 1.807) is 0 Å². The topological polar surface area (TPSA) is 111 Å². The smallest absolute Gasteiger partial charge is 0.330 e. The lowest BCUT2D eigenvalue weighted by Gasteiger charge is -2.04. The van der Waals surface area contributed by atoms with Crippen molar-refractivity contribution in [1.29, 1.82) is 0 Å². The van der Waals surface area contributed by atoms with Gasteiger partial charge in [0.2, 0.25) is 11.8 Å². The number of carbonyl (C=O) groups is 4. The van der Waals surface area contributed by atoms with Crippen LogP contribution in [0.4, 0.5) is 0 Å². The first-order valence-corrected chi connectivity index (χ1v) is 9.24. The van der Waals surface area contributed by atoms with Crippen LogP contribution >= 0.6 is 0 Å². The molecule has 0 aliphatic heterocycles. The number of hydrogen-bond donors (Lipinski definition) is 2. The third-order valence-electron chi connectivity index (χ3n) is 3.09. The van der Waals surface area contributed by atoms with Crippen LogP contribution in [0.1, 0.15) is 46.0 Å². The van der Waals surface area contributed by atoms with Gasteiger partial charge in [0.1, 0.15) is 0 Å². The standard InChI is InChI=1S/C19H30N2O6/c1-3-14-26-18(24)10-8-16(22)20-12-6-5-7-13-21-17(23)9-11-19(25)27-15-4-2/h8-11H,3-7,12-15H2,1-2H3,(H,20,22)(H,21,23)/b10-8+,11-9+. The molecule has 0 radical (unpaired) electrons. The van der Waals surface area contributed by atoms with Gasteiger partial charge in [-0.25, -0.2) is 9.59 Å². The lowest BCUT2D eigenvalue weighted by atomic mass is 10.2. The maximum absolute atomic E-state index is 11.5. The monoisotopic (exact) mass is 382 g/mol. The zero-order valence-electron chi connectivity index (χ0n) is 16.1. The minimum absolute atomic E-state index is 0.333. The van der Waals surface area contributed by atoms with Crippen LogP contribution in [0.15, 0.2) is 24.3 Å². The predicted octanol–water partition coefficient (Wildman–Crippen LogP) is 1.41. The molecule has 0 atom stereocenters. The van der Waals surface area contributed by atoms with Gasteiger partial charge in [0.25, 0.3) is 0 Å². The third kappa shape index (κ3) is 16.6. The number of rotatable bonds is 14. The molecule has 0 aromatic heterocycles. The molecule has 0 aliphatic rings. The molecule has 0 aliphatic carbocycles. The number of carbonyl (C=O) groups excluding carboxylic acids is 4. The van der Waals surface area contributed by atoms with Crippen molar-refractivity contribution in [3.8, 4) is 0 Å². The molecule has 0 fully saturated rings. The van der Waals surface area contributed by atoms with Crippen LogP contribution in [0.2, 0.25) is 0 Å². The molecular formula is C19H30N2O6. The largest absolute Gasteiger partial charge is 0.463 e. The molecule has 27 heavy (non-hydrogen) atoms. The van der Waals surface area contributed by atoms with Gasteiger partial charge in [0.15, 0.2) is 0 Å². The highest BCUT2D eigenvalue weighted by Gasteiger charge is 2.00. The van der Waals surface area contributed by atoms with Gasteiger partial charge in [-0.15, -0.1) is 0 Å². The molecular weight excluding hydrogens is 352 g/mol. The molecule has 8 heteroatoms. The van der Waals surface area contributed by atoms with Crippen molar-refractivity contribution in [2.75, 3.05) is 26.3 Å². The second-order valence-corrected chi connectivity index (χ2v) is 5.64. The van der Waals surface area contributed by atoms with Gasteiger partial charge in [0, 0.05) is 37.4 Å². The Morgan fingerprint density at radius 3 is 1.44 bits per heavy atom. The van der Waals surface area contributed by atoms with E-state index in [4.69, 9.17) is 9.47 Å². The van der Waals surface area contributed by atoms with E-state index in [9.17, 15) is 19.2 Å². The van der Waals surface area contributed by atoms with Crippen molar-refractivity contribution in [3.05, 3.63) is 24.3 Å². The van der Waals surface area contributed by atoms with Crippen LogP contribution in [0, 0.1) is 0 Å². The average molecular weight is 382 g/mol. The highest BCUT2D eigenvalue weighted by Crippen LogP contribution is 1.93. The maximum atomic E-state index is 11.5. The summed E-state index contributed by atoms with van der Waals surface area (Å²) in [6.45, 7) is 5.39. The van der Waals surface area contributed by atoms with E-state index in [2.05, 4.69) is 10.6 Å². The van der Waals surface area contributed by atoms with E-state index in [0.717, 1.165) is 56.4 Å². The summed E-state index contributed by atoms with van der Waals surface area (Å²) < 4.78 is 9.62. The van der Waals surface area contributed by atoms with Crippen molar-refractivity contribution < 1.29 is 28.7 Å². The Morgan fingerprint density at radius 1 is 0.667 bits per heavy atom. The molecule has 0 aromatic carbocycles. The van der Waals surface area contributed by atoms with Crippen molar-refractivity contribution in [2.45, 2.75) is 46.0 Å². The summed E-state index contributed by atoms with van der Waals surface area (Å²) in [7, 11) is 0.